The van der Waals surface area contributed by atoms with Crippen molar-refractivity contribution in [3.05, 3.63) is 34.5 Å². The summed E-state index contributed by atoms with van der Waals surface area (Å²) in [7, 11) is 0. The Balaban J connectivity index is 2.06. The van der Waals surface area contributed by atoms with E-state index in [1.807, 2.05) is 6.07 Å². The normalized spacial score (nSPS) is 10.5. The van der Waals surface area contributed by atoms with E-state index in [9.17, 15) is 18.0 Å². The first-order valence-corrected chi connectivity index (χ1v) is 8.53. The minimum Gasteiger partial charge on any atom is -0.302 e. The Morgan fingerprint density at radius 3 is 2.56 bits per heavy atom. The summed E-state index contributed by atoms with van der Waals surface area (Å²) in [6.07, 6.45) is 2.90. The lowest BCUT2D eigenvalue weighted by Gasteiger charge is -2.03. The third kappa shape index (κ3) is 5.03. The summed E-state index contributed by atoms with van der Waals surface area (Å²) in [5.74, 6) is -3.34. The Kier molecular flexibility index (Phi) is 6.53. The van der Waals surface area contributed by atoms with E-state index in [1.165, 1.54) is 0 Å². The molecule has 0 fully saturated rings. The van der Waals surface area contributed by atoms with Gasteiger partial charge in [-0.3, -0.25) is 4.79 Å². The smallest absolute Gasteiger partial charge is 0.226 e. The van der Waals surface area contributed by atoms with Crippen molar-refractivity contribution < 1.29 is 18.0 Å². The van der Waals surface area contributed by atoms with Crippen molar-refractivity contribution in [3.8, 4) is 17.3 Å². The number of amides is 1. The van der Waals surface area contributed by atoms with Crippen LogP contribution in [0.3, 0.4) is 0 Å². The van der Waals surface area contributed by atoms with E-state index in [0.717, 1.165) is 24.2 Å². The van der Waals surface area contributed by atoms with Gasteiger partial charge in [-0.1, -0.05) is 6.42 Å². The van der Waals surface area contributed by atoms with Gasteiger partial charge < -0.3 is 5.32 Å². The highest BCUT2D eigenvalue weighted by Crippen LogP contribution is 2.34. The SMILES string of the molecule is Cc1sc(NC(=O)CCCCCC#N)nc1-c1c(F)cc(F)cc1F. The van der Waals surface area contributed by atoms with Crippen molar-refractivity contribution in [2.45, 2.75) is 39.0 Å². The van der Waals surface area contributed by atoms with Crippen molar-refractivity contribution in [1.82, 2.24) is 4.98 Å². The summed E-state index contributed by atoms with van der Waals surface area (Å²) in [5.41, 5.74) is -0.364. The number of carbonyl (C=O) groups excluding carboxylic acids is 1. The van der Waals surface area contributed by atoms with Crippen molar-refractivity contribution >= 4 is 22.4 Å². The molecule has 0 saturated heterocycles. The lowest BCUT2D eigenvalue weighted by atomic mass is 10.1. The first-order chi connectivity index (χ1) is 11.9. The van der Waals surface area contributed by atoms with Gasteiger partial charge in [0.1, 0.15) is 17.5 Å². The Labute approximate surface area is 147 Å². The summed E-state index contributed by atoms with van der Waals surface area (Å²) < 4.78 is 40.8. The lowest BCUT2D eigenvalue weighted by molar-refractivity contribution is -0.116. The second kappa shape index (κ2) is 8.62. The average Bonchev–Trinajstić information content (AvgIpc) is 2.86. The van der Waals surface area contributed by atoms with E-state index in [2.05, 4.69) is 10.3 Å². The number of nitrogens with zero attached hydrogens (tertiary/aromatic N) is 2. The molecule has 0 aliphatic heterocycles. The number of aryl methyl sites for hydroxylation is 1. The van der Waals surface area contributed by atoms with Crippen molar-refractivity contribution in [1.29, 1.82) is 5.26 Å². The number of nitrogens with one attached hydrogen (secondary N) is 1. The van der Waals surface area contributed by atoms with Gasteiger partial charge in [0.05, 0.1) is 17.3 Å². The van der Waals surface area contributed by atoms with E-state index in [1.54, 1.807) is 6.92 Å². The summed E-state index contributed by atoms with van der Waals surface area (Å²) in [6.45, 7) is 1.62. The van der Waals surface area contributed by atoms with Crippen LogP contribution in [-0.2, 0) is 4.79 Å². The maximum atomic E-state index is 13.9. The highest BCUT2D eigenvalue weighted by molar-refractivity contribution is 7.16. The molecule has 0 radical (unpaired) electrons. The molecular weight excluding hydrogens is 351 g/mol. The number of rotatable bonds is 7. The summed E-state index contributed by atoms with van der Waals surface area (Å²) in [4.78, 5) is 16.5. The van der Waals surface area contributed by atoms with Gasteiger partial charge in [0, 0.05) is 29.9 Å². The Bertz CT molecular complexity index is 791. The van der Waals surface area contributed by atoms with Gasteiger partial charge in [-0.15, -0.1) is 11.3 Å². The molecule has 1 heterocycles. The van der Waals surface area contributed by atoms with Gasteiger partial charge in [0.25, 0.3) is 0 Å². The number of carbonyl (C=O) groups is 1. The zero-order chi connectivity index (χ0) is 18.4. The largest absolute Gasteiger partial charge is 0.302 e. The zero-order valence-corrected chi connectivity index (χ0v) is 14.4. The van der Waals surface area contributed by atoms with Crippen LogP contribution in [0.4, 0.5) is 18.3 Å². The van der Waals surface area contributed by atoms with E-state index in [4.69, 9.17) is 5.26 Å². The van der Waals surface area contributed by atoms with Crippen LogP contribution in [0.15, 0.2) is 12.1 Å². The average molecular weight is 367 g/mol. The zero-order valence-electron chi connectivity index (χ0n) is 13.5. The molecule has 0 aliphatic carbocycles. The predicted molar refractivity (Wildman–Crippen MR) is 89.5 cm³/mol. The van der Waals surface area contributed by atoms with Crippen molar-refractivity contribution in [2.75, 3.05) is 5.32 Å². The molecule has 2 aromatic rings. The minimum atomic E-state index is -1.04. The number of benzene rings is 1. The molecule has 25 heavy (non-hydrogen) atoms. The van der Waals surface area contributed by atoms with Gasteiger partial charge in [0.2, 0.25) is 5.91 Å². The van der Waals surface area contributed by atoms with Gasteiger partial charge in [-0.05, 0) is 19.8 Å². The van der Waals surface area contributed by atoms with E-state index in [-0.39, 0.29) is 23.2 Å². The van der Waals surface area contributed by atoms with Crippen LogP contribution < -0.4 is 5.32 Å². The molecule has 1 aromatic carbocycles. The number of thiazole rings is 1. The number of anilines is 1. The first kappa shape index (κ1) is 18.9. The molecule has 0 bridgehead atoms. The van der Waals surface area contributed by atoms with Crippen LogP contribution in [0.25, 0.3) is 11.3 Å². The van der Waals surface area contributed by atoms with Gasteiger partial charge in [-0.2, -0.15) is 5.26 Å². The molecule has 0 unspecified atom stereocenters. The molecule has 2 rings (SSSR count). The van der Waals surface area contributed by atoms with Crippen LogP contribution >= 0.6 is 11.3 Å². The quantitative estimate of drug-likeness (QED) is 0.704. The summed E-state index contributed by atoms with van der Waals surface area (Å²) in [5, 5.41) is 11.3. The molecule has 0 saturated carbocycles. The number of halogens is 3. The number of aromatic nitrogens is 1. The van der Waals surface area contributed by atoms with Crippen LogP contribution in [0.5, 0.6) is 0 Å². The number of unbranched alkanes of at least 4 members (excludes halogenated alkanes) is 3. The molecule has 132 valence electrons. The van der Waals surface area contributed by atoms with Crippen molar-refractivity contribution in [2.24, 2.45) is 0 Å². The van der Waals surface area contributed by atoms with Crippen LogP contribution in [0.2, 0.25) is 0 Å². The van der Waals surface area contributed by atoms with Gasteiger partial charge >= 0.3 is 0 Å². The molecule has 4 nitrogen and oxygen atoms in total. The monoisotopic (exact) mass is 367 g/mol. The molecule has 8 heteroatoms. The third-order valence-corrected chi connectivity index (χ3v) is 4.37. The van der Waals surface area contributed by atoms with E-state index < -0.39 is 23.0 Å². The third-order valence-electron chi connectivity index (χ3n) is 3.48. The predicted octanol–water partition coefficient (Wildman–Crippen LogP) is 4.95. The van der Waals surface area contributed by atoms with Crippen molar-refractivity contribution in [3.63, 3.8) is 0 Å². The topological polar surface area (TPSA) is 65.8 Å². The van der Waals surface area contributed by atoms with Gasteiger partial charge in [0.15, 0.2) is 5.13 Å². The first-order valence-electron chi connectivity index (χ1n) is 7.71. The standard InChI is InChI=1S/C17H16F3N3OS/c1-10-16(15-12(19)8-11(18)9-13(15)20)23-17(25-10)22-14(24)6-4-2-3-5-7-21/h8-9H,2-6H2,1H3,(H,22,23,24). The summed E-state index contributed by atoms with van der Waals surface area (Å²) in [6, 6.07) is 3.23. The Morgan fingerprint density at radius 2 is 1.92 bits per heavy atom. The van der Waals surface area contributed by atoms with E-state index in [0.29, 0.717) is 29.9 Å². The maximum absolute atomic E-state index is 13.9. The van der Waals surface area contributed by atoms with Crippen LogP contribution in [0.1, 0.15) is 37.0 Å². The molecule has 1 N–H and O–H groups in total. The fourth-order valence-electron chi connectivity index (χ4n) is 2.30. The van der Waals surface area contributed by atoms with Gasteiger partial charge in [-0.25, -0.2) is 18.2 Å². The molecule has 0 spiro atoms. The fourth-order valence-corrected chi connectivity index (χ4v) is 3.13. The van der Waals surface area contributed by atoms with Crippen LogP contribution in [0, 0.1) is 35.7 Å². The summed E-state index contributed by atoms with van der Waals surface area (Å²) >= 11 is 1.09. The highest BCUT2D eigenvalue weighted by Gasteiger charge is 2.20. The maximum Gasteiger partial charge on any atom is 0.226 e. The van der Waals surface area contributed by atoms with E-state index >= 15 is 0 Å². The molecule has 0 atom stereocenters. The number of hydrogen-bond acceptors (Lipinski definition) is 4. The molecule has 1 aromatic heterocycles. The highest BCUT2D eigenvalue weighted by atomic mass is 32.1. The number of nitriles is 1. The lowest BCUT2D eigenvalue weighted by Crippen LogP contribution is -2.10. The Morgan fingerprint density at radius 1 is 1.24 bits per heavy atom. The molecular formula is C17H16F3N3OS. The minimum absolute atomic E-state index is 0.0457. The molecule has 1 amide bonds. The fraction of sp³-hybridized carbons (Fsp3) is 0.353. The second-order valence-corrected chi connectivity index (χ2v) is 6.64. The Hall–Kier alpha value is -2.40. The van der Waals surface area contributed by atoms with Crippen LogP contribution in [-0.4, -0.2) is 10.9 Å². The molecule has 0 aliphatic rings. The second-order valence-electron chi connectivity index (χ2n) is 5.44. The number of hydrogen-bond donors (Lipinski definition) is 1.